The number of pyridine rings is 1. The van der Waals surface area contributed by atoms with Crippen molar-refractivity contribution in [2.75, 3.05) is 37.0 Å². The Labute approximate surface area is 253 Å². The number of amides is 3. The molecule has 2 aliphatic rings. The van der Waals surface area contributed by atoms with Crippen LogP contribution in [0.25, 0.3) is 10.2 Å². The maximum absolute atomic E-state index is 13.6. The van der Waals surface area contributed by atoms with E-state index in [1.54, 1.807) is 24.3 Å². The molecular weight excluding hydrogens is 568 g/mol. The molecule has 12 heteroatoms. The van der Waals surface area contributed by atoms with Gasteiger partial charge in [-0.1, -0.05) is 18.2 Å². The molecule has 3 atom stereocenters. The summed E-state index contributed by atoms with van der Waals surface area (Å²) in [6, 6.07) is 15.8. The number of carbonyl (C=O) groups excluding carboxylic acids is 2. The van der Waals surface area contributed by atoms with Crippen LogP contribution in [0.2, 0.25) is 0 Å². The van der Waals surface area contributed by atoms with Gasteiger partial charge in [-0.2, -0.15) is 0 Å². The highest BCUT2D eigenvalue weighted by atomic mass is 32.1. The lowest BCUT2D eigenvalue weighted by atomic mass is 10.0. The number of hydrogen-bond acceptors (Lipinski definition) is 9. The molecule has 0 aliphatic carbocycles. The van der Waals surface area contributed by atoms with Crippen LogP contribution in [0.1, 0.15) is 28.1 Å². The lowest BCUT2D eigenvalue weighted by Crippen LogP contribution is -2.56. The molecule has 1 saturated heterocycles. The van der Waals surface area contributed by atoms with E-state index in [2.05, 4.69) is 15.6 Å². The molecule has 11 nitrogen and oxygen atoms in total. The summed E-state index contributed by atoms with van der Waals surface area (Å²) >= 11 is 1.24. The number of anilines is 3. The van der Waals surface area contributed by atoms with Crippen LogP contribution in [-0.4, -0.2) is 72.0 Å². The Hall–Kier alpha value is -4.07. The number of aliphatic hydroxyl groups excluding tert-OH is 1. The Bertz CT molecular complexity index is 1650. The fourth-order valence-corrected chi connectivity index (χ4v) is 6.74. The highest BCUT2D eigenvalue weighted by Gasteiger charge is 2.35. The first-order chi connectivity index (χ1) is 20.8. The molecule has 0 spiro atoms. The van der Waals surface area contributed by atoms with Gasteiger partial charge < -0.3 is 30.9 Å². The van der Waals surface area contributed by atoms with Gasteiger partial charge in [0.25, 0.3) is 5.91 Å². The number of aryl methyl sites for hydroxylation is 1. The van der Waals surface area contributed by atoms with E-state index in [4.69, 9.17) is 15.2 Å². The first kappa shape index (κ1) is 29.0. The molecule has 2 aromatic heterocycles. The van der Waals surface area contributed by atoms with E-state index in [1.807, 2.05) is 60.4 Å². The predicted molar refractivity (Wildman–Crippen MR) is 166 cm³/mol. The van der Waals surface area contributed by atoms with Gasteiger partial charge in [0.15, 0.2) is 0 Å². The number of methoxy groups -OCH3 is 1. The number of piperidine rings is 1. The minimum Gasteiger partial charge on any atom is -0.457 e. The van der Waals surface area contributed by atoms with Crippen molar-refractivity contribution < 1.29 is 24.2 Å². The van der Waals surface area contributed by atoms with Crippen LogP contribution < -0.4 is 26.0 Å². The van der Waals surface area contributed by atoms with Gasteiger partial charge in [-0.3, -0.25) is 14.6 Å². The summed E-state index contributed by atoms with van der Waals surface area (Å²) in [5.41, 5.74) is 8.70. The predicted octanol–water partition coefficient (Wildman–Crippen LogP) is 4.57. The van der Waals surface area contributed by atoms with E-state index in [9.17, 15) is 14.7 Å². The molecule has 2 aliphatic heterocycles. The average Bonchev–Trinajstić information content (AvgIpc) is 3.38. The van der Waals surface area contributed by atoms with Crippen molar-refractivity contribution in [3.63, 3.8) is 0 Å². The monoisotopic (exact) mass is 602 g/mol. The van der Waals surface area contributed by atoms with Crippen molar-refractivity contribution in [3.05, 3.63) is 71.2 Å². The zero-order valence-corrected chi connectivity index (χ0v) is 24.8. The zero-order valence-electron chi connectivity index (χ0n) is 23.9. The number of hydrogen-bond donors (Lipinski definition) is 4. The molecule has 0 saturated carbocycles. The third-order valence-electron chi connectivity index (χ3n) is 7.74. The van der Waals surface area contributed by atoms with Crippen LogP contribution >= 0.6 is 11.3 Å². The van der Waals surface area contributed by atoms with Gasteiger partial charge in [-0.15, -0.1) is 11.3 Å². The maximum atomic E-state index is 13.6. The molecule has 1 fully saturated rings. The van der Waals surface area contributed by atoms with Crippen molar-refractivity contribution in [1.29, 1.82) is 0 Å². The standard InChI is InChI=1S/C31H34N6O5S/c1-18-15-21(42-20-8-4-3-5-9-20)10-11-23(18)37-24-12-13-33-29-25(24)26(35-31(37)40)27(43-29)28(38)34-19-7-6-14-36(16-19)30(39)22(32)17-41-2/h3-5,8-13,15,19,22,30,39H,6-7,14,16-17,32H2,1-2H3,(H,34,38)(H,35,40)/t19-,22-,30?/m1/s1. The number of aromatic nitrogens is 1. The van der Waals surface area contributed by atoms with Crippen LogP contribution in [0.5, 0.6) is 11.5 Å². The molecule has 4 aromatic rings. The summed E-state index contributed by atoms with van der Waals surface area (Å²) in [7, 11) is 1.54. The van der Waals surface area contributed by atoms with Gasteiger partial charge in [0, 0.05) is 32.4 Å². The lowest BCUT2D eigenvalue weighted by Gasteiger charge is -2.38. The van der Waals surface area contributed by atoms with Gasteiger partial charge in [-0.05, 0) is 61.7 Å². The normalized spacial score (nSPS) is 18.3. The second kappa shape index (κ2) is 12.3. The number of nitrogens with zero attached hydrogens (tertiary/aromatic N) is 3. The second-order valence-electron chi connectivity index (χ2n) is 10.8. The van der Waals surface area contributed by atoms with Crippen molar-refractivity contribution in [3.8, 4) is 11.5 Å². The highest BCUT2D eigenvalue weighted by molar-refractivity contribution is 7.21. The number of urea groups is 1. The number of ether oxygens (including phenoxy) is 2. The van der Waals surface area contributed by atoms with Gasteiger partial charge in [0.1, 0.15) is 27.4 Å². The SMILES string of the molecule is COC[C@@H](N)C(O)N1CCC[C@@H](NC(=O)c2sc3nccc4c3c2NC(=O)N4c2ccc(Oc3ccccc3)cc2C)C1. The van der Waals surface area contributed by atoms with E-state index in [-0.39, 0.29) is 24.6 Å². The Balaban J connectivity index is 1.24. The molecule has 0 bridgehead atoms. The Kier molecular flexibility index (Phi) is 8.28. The number of aliphatic hydroxyl groups is 1. The Morgan fingerprint density at radius 2 is 2.02 bits per heavy atom. The van der Waals surface area contributed by atoms with E-state index >= 15 is 0 Å². The summed E-state index contributed by atoms with van der Waals surface area (Å²) < 4.78 is 11.1. The van der Waals surface area contributed by atoms with Crippen LogP contribution in [0.15, 0.2) is 60.8 Å². The maximum Gasteiger partial charge on any atom is 0.331 e. The van der Waals surface area contributed by atoms with Gasteiger partial charge in [0.05, 0.1) is 35.1 Å². The number of nitrogens with two attached hydrogens (primary N) is 1. The molecule has 1 unspecified atom stereocenters. The van der Waals surface area contributed by atoms with Crippen molar-refractivity contribution in [1.82, 2.24) is 15.2 Å². The number of para-hydroxylation sites is 1. The summed E-state index contributed by atoms with van der Waals surface area (Å²) in [4.78, 5) is 36.2. The minimum atomic E-state index is -0.871. The van der Waals surface area contributed by atoms with Crippen LogP contribution in [0, 0.1) is 6.92 Å². The third-order valence-corrected chi connectivity index (χ3v) is 8.84. The second-order valence-corrected chi connectivity index (χ2v) is 11.8. The largest absolute Gasteiger partial charge is 0.457 e. The molecule has 224 valence electrons. The van der Waals surface area contributed by atoms with E-state index in [1.165, 1.54) is 11.3 Å². The highest BCUT2D eigenvalue weighted by Crippen LogP contribution is 2.46. The van der Waals surface area contributed by atoms with Crippen LogP contribution in [0.4, 0.5) is 21.9 Å². The molecule has 0 radical (unpaired) electrons. The number of thiophene rings is 1. The summed E-state index contributed by atoms with van der Waals surface area (Å²) in [6.45, 7) is 3.29. The van der Waals surface area contributed by atoms with Crippen molar-refractivity contribution >= 4 is 50.6 Å². The number of likely N-dealkylation sites (tertiary alicyclic amines) is 1. The average molecular weight is 603 g/mol. The molecule has 3 amide bonds. The third kappa shape index (κ3) is 5.79. The molecule has 4 heterocycles. The lowest BCUT2D eigenvalue weighted by molar-refractivity contribution is -0.0458. The molecule has 5 N–H and O–H groups in total. The van der Waals surface area contributed by atoms with Gasteiger partial charge in [0.2, 0.25) is 0 Å². The first-order valence-electron chi connectivity index (χ1n) is 14.2. The van der Waals surface area contributed by atoms with E-state index in [0.717, 1.165) is 24.2 Å². The number of carbonyl (C=O) groups is 2. The molecule has 6 rings (SSSR count). The zero-order chi connectivity index (χ0) is 30.1. The summed E-state index contributed by atoms with van der Waals surface area (Å²) in [5.74, 6) is 1.09. The fraction of sp³-hybridized carbons (Fsp3) is 0.323. The number of nitrogens with one attached hydrogen (secondary N) is 2. The summed E-state index contributed by atoms with van der Waals surface area (Å²) in [6.07, 6.45) is 2.34. The van der Waals surface area contributed by atoms with Crippen molar-refractivity contribution in [2.45, 2.75) is 38.1 Å². The quantitative estimate of drug-likeness (QED) is 0.218. The van der Waals surface area contributed by atoms with Gasteiger partial charge >= 0.3 is 6.03 Å². The number of benzene rings is 2. The Morgan fingerprint density at radius 3 is 2.79 bits per heavy atom. The van der Waals surface area contributed by atoms with E-state index < -0.39 is 12.3 Å². The van der Waals surface area contributed by atoms with Crippen LogP contribution in [0.3, 0.4) is 0 Å². The Morgan fingerprint density at radius 1 is 1.21 bits per heavy atom. The smallest absolute Gasteiger partial charge is 0.331 e. The number of rotatable bonds is 9. The first-order valence-corrected chi connectivity index (χ1v) is 15.0. The van der Waals surface area contributed by atoms with Crippen LogP contribution in [-0.2, 0) is 4.74 Å². The molecule has 2 aromatic carbocycles. The van der Waals surface area contributed by atoms with E-state index in [0.29, 0.717) is 51.0 Å². The minimum absolute atomic E-state index is 0.189. The topological polar surface area (TPSA) is 142 Å². The van der Waals surface area contributed by atoms with Gasteiger partial charge in [-0.25, -0.2) is 9.78 Å². The fourth-order valence-electron chi connectivity index (χ4n) is 5.72. The molecule has 43 heavy (non-hydrogen) atoms. The van der Waals surface area contributed by atoms with Crippen molar-refractivity contribution in [2.24, 2.45) is 5.73 Å². The molecular formula is C31H34N6O5S. The summed E-state index contributed by atoms with van der Waals surface area (Å²) in [5, 5.41) is 17.4.